The average Bonchev–Trinajstić information content (AvgIpc) is 1.63. The van der Waals surface area contributed by atoms with Crippen LogP contribution in [0, 0.1) is 0 Å². The lowest BCUT2D eigenvalue weighted by atomic mass is 9.94. The Kier molecular flexibility index (Phi) is 17.0. The van der Waals surface area contributed by atoms with Crippen molar-refractivity contribution < 1.29 is 26.5 Å². The molecule has 0 spiro atoms. The molecule has 118 heavy (non-hydrogen) atoms. The van der Waals surface area contributed by atoms with Gasteiger partial charge >= 0.3 is 0 Å². The van der Waals surface area contributed by atoms with Gasteiger partial charge < -0.3 is 26.5 Å². The van der Waals surface area contributed by atoms with Crippen LogP contribution in [0.2, 0.25) is 0 Å². The van der Waals surface area contributed by atoms with E-state index < -0.39 is 0 Å². The molecule has 9 heteroatoms. The fraction of sp³-hybridized carbons (Fsp3) is 0. The Morgan fingerprint density at radius 1 is 0.153 bits per heavy atom. The van der Waals surface area contributed by atoms with Crippen molar-refractivity contribution >= 4 is 110 Å². The van der Waals surface area contributed by atoms with Gasteiger partial charge in [-0.2, -0.15) is 0 Å². The topological polar surface area (TPSA) is 118 Å². The molecule has 0 radical (unpaired) electrons. The molecule has 24 rings (SSSR count). The van der Waals surface area contributed by atoms with Crippen LogP contribution in [0.4, 0.5) is 0 Å². The number of aromatic nitrogens is 3. The summed E-state index contributed by atoms with van der Waals surface area (Å²) in [5.41, 5.74) is 30.6. The van der Waals surface area contributed by atoms with Crippen LogP contribution in [0.25, 0.3) is 233 Å². The van der Waals surface area contributed by atoms with Gasteiger partial charge in [-0.1, -0.05) is 328 Å². The SMILES string of the molecule is c1ccc(-c2cc3nc(-c4ccc(-c5cccc6c5oc5ccccc56)cc4)oc3cc2-c2ccccc2)cc1.c1ccc(-c2ccc(-c3ccccc3)c3oc(-c4ccc(-c5cccc6c5oc5ccccc56)cc4)nc23)cc1.c1ccc2c(-c3cccc4nc(-c5ccc(-c6cccc7c6oc6ccccc67)cc5)oc34)cccc2c1. The van der Waals surface area contributed by atoms with Crippen molar-refractivity contribution in [3.63, 3.8) is 0 Å². The van der Waals surface area contributed by atoms with Gasteiger partial charge in [0.2, 0.25) is 17.7 Å². The van der Waals surface area contributed by atoms with Gasteiger partial charge in [-0.3, -0.25) is 0 Å². The zero-order valence-electron chi connectivity index (χ0n) is 63.5. The lowest BCUT2D eigenvalue weighted by Crippen LogP contribution is -1.86. The molecule has 0 fully saturated rings. The van der Waals surface area contributed by atoms with Crippen molar-refractivity contribution in [3.8, 4) is 123 Å². The molecule has 0 saturated carbocycles. The molecule has 0 N–H and O–H groups in total. The average molecular weight is 1510 g/mol. The van der Waals surface area contributed by atoms with Crippen LogP contribution in [0.1, 0.15) is 0 Å². The maximum absolute atomic E-state index is 6.53. The summed E-state index contributed by atoms with van der Waals surface area (Å²) in [4.78, 5) is 14.8. The minimum absolute atomic E-state index is 0.601. The highest BCUT2D eigenvalue weighted by atomic mass is 16.4. The predicted octanol–water partition coefficient (Wildman–Crippen LogP) is 30.7. The Morgan fingerprint density at radius 2 is 0.475 bits per heavy atom. The van der Waals surface area contributed by atoms with Crippen LogP contribution in [0.5, 0.6) is 0 Å². The van der Waals surface area contributed by atoms with Crippen LogP contribution in [0.3, 0.4) is 0 Å². The molecule has 18 aromatic carbocycles. The molecule has 0 aliphatic heterocycles. The summed E-state index contributed by atoms with van der Waals surface area (Å²) in [7, 11) is 0. The van der Waals surface area contributed by atoms with Crippen LogP contribution in [-0.2, 0) is 0 Å². The highest BCUT2D eigenvalue weighted by Gasteiger charge is 2.23. The van der Waals surface area contributed by atoms with Crippen LogP contribution >= 0.6 is 0 Å². The van der Waals surface area contributed by atoms with Gasteiger partial charge in [0.15, 0.2) is 16.7 Å². The third-order valence-corrected chi connectivity index (χ3v) is 22.4. The highest BCUT2D eigenvalue weighted by Crippen LogP contribution is 2.45. The van der Waals surface area contributed by atoms with Crippen LogP contribution in [0.15, 0.2) is 433 Å². The van der Waals surface area contributed by atoms with Crippen LogP contribution < -0.4 is 0 Å². The zero-order valence-corrected chi connectivity index (χ0v) is 63.5. The van der Waals surface area contributed by atoms with E-state index in [4.69, 9.17) is 41.5 Å². The summed E-state index contributed by atoms with van der Waals surface area (Å²) in [6, 6.07) is 140. The molecule has 6 heterocycles. The van der Waals surface area contributed by atoms with E-state index in [1.54, 1.807) is 0 Å². The second kappa shape index (κ2) is 29.2. The third kappa shape index (κ3) is 12.4. The monoisotopic (exact) mass is 1510 g/mol. The van der Waals surface area contributed by atoms with Gasteiger partial charge in [-0.25, -0.2) is 15.0 Å². The second-order valence-electron chi connectivity index (χ2n) is 29.5. The Morgan fingerprint density at radius 3 is 0.975 bits per heavy atom. The van der Waals surface area contributed by atoms with Gasteiger partial charge in [0.05, 0.1) is 0 Å². The first-order chi connectivity index (χ1) is 58.5. The molecular formula is C109H67N3O6. The van der Waals surface area contributed by atoms with Crippen molar-refractivity contribution in [1.82, 2.24) is 15.0 Å². The number of benzene rings is 18. The van der Waals surface area contributed by atoms with Crippen molar-refractivity contribution in [1.29, 1.82) is 0 Å². The van der Waals surface area contributed by atoms with Crippen molar-refractivity contribution in [2.75, 3.05) is 0 Å². The molecule has 9 nitrogen and oxygen atoms in total. The molecule has 0 aliphatic rings. The van der Waals surface area contributed by atoms with Crippen molar-refractivity contribution in [3.05, 3.63) is 406 Å². The van der Waals surface area contributed by atoms with Gasteiger partial charge in [0.1, 0.15) is 50.0 Å². The minimum atomic E-state index is 0.601. The van der Waals surface area contributed by atoms with Gasteiger partial charge in [0, 0.05) is 82.4 Å². The molecule has 6 aromatic heterocycles. The fourth-order valence-corrected chi connectivity index (χ4v) is 16.7. The fourth-order valence-electron chi connectivity index (χ4n) is 16.7. The van der Waals surface area contributed by atoms with E-state index in [9.17, 15) is 0 Å². The first kappa shape index (κ1) is 68.8. The number of oxazole rings is 3. The number of furan rings is 3. The maximum Gasteiger partial charge on any atom is 0.227 e. The molecule has 24 aromatic rings. The summed E-state index contributed by atoms with van der Waals surface area (Å²) in [6.45, 7) is 0. The molecule has 0 unspecified atom stereocenters. The molecule has 0 bridgehead atoms. The molecule has 554 valence electrons. The minimum Gasteiger partial charge on any atom is -0.455 e. The largest absolute Gasteiger partial charge is 0.455 e. The quantitative estimate of drug-likeness (QED) is 0.125. The maximum atomic E-state index is 6.53. The second-order valence-corrected chi connectivity index (χ2v) is 29.5. The third-order valence-electron chi connectivity index (χ3n) is 22.4. The summed E-state index contributed by atoms with van der Waals surface area (Å²) >= 11 is 0. The summed E-state index contributed by atoms with van der Waals surface area (Å²) in [5, 5.41) is 9.17. The van der Waals surface area contributed by atoms with E-state index in [1.807, 2.05) is 103 Å². The molecular weight excluding hydrogens is 1450 g/mol. The highest BCUT2D eigenvalue weighted by molar-refractivity contribution is 6.13. The van der Waals surface area contributed by atoms with E-state index in [-0.39, 0.29) is 0 Å². The van der Waals surface area contributed by atoms with Gasteiger partial charge in [-0.05, 0) is 145 Å². The van der Waals surface area contributed by atoms with Crippen molar-refractivity contribution in [2.45, 2.75) is 0 Å². The summed E-state index contributed by atoms with van der Waals surface area (Å²) < 4.78 is 38.1. The van der Waals surface area contributed by atoms with Gasteiger partial charge in [0.25, 0.3) is 0 Å². The smallest absolute Gasteiger partial charge is 0.227 e. The summed E-state index contributed by atoms with van der Waals surface area (Å²) in [6.07, 6.45) is 0. The van der Waals surface area contributed by atoms with E-state index in [0.29, 0.717) is 17.7 Å². The van der Waals surface area contributed by atoms with Gasteiger partial charge in [-0.15, -0.1) is 0 Å². The standard InChI is InChI=1S/2C37H23NO2.C35H21NO2/c1-3-10-24(11-4-1)31-22-33-35(23-32(31)25-12-5-2-6-13-25)40-37(38-33)27-20-18-26(19-21-27)28-15-9-16-30-29-14-7-8-17-34(29)39-36(28)30;1-3-10-24(11-4-1)28-22-23-30(25-12-5-2-6-13-25)36-34(28)38-37(40-36)27-20-18-26(19-21-27)29-15-9-16-32-31-14-7-8-17-33(31)39-35(29)32;1-2-10-25-22(8-1)9-5-13-27(25)29-15-7-16-31-34(29)38-35(36-31)24-20-18-23(19-21-24)26-12-6-14-30-28-11-3-4-17-32(28)37-33(26)30/h2*1-23H;1-21H. The normalized spacial score (nSPS) is 11.6. The lowest BCUT2D eigenvalue weighted by molar-refractivity contribution is 0.620. The Bertz CT molecular complexity index is 7730. The molecule has 0 saturated heterocycles. The molecule has 0 aliphatic carbocycles. The van der Waals surface area contributed by atoms with E-state index in [0.717, 1.165) is 205 Å². The Balaban J connectivity index is 0.000000107. The van der Waals surface area contributed by atoms with Crippen molar-refractivity contribution in [2.24, 2.45) is 0 Å². The zero-order chi connectivity index (χ0) is 78.0. The number of hydrogen-bond acceptors (Lipinski definition) is 9. The first-order valence-corrected chi connectivity index (χ1v) is 39.5. The molecule has 0 amide bonds. The van der Waals surface area contributed by atoms with Crippen LogP contribution in [-0.4, -0.2) is 15.0 Å². The predicted molar refractivity (Wildman–Crippen MR) is 481 cm³/mol. The number of para-hydroxylation sites is 7. The Labute approximate surface area is 676 Å². The number of hydrogen-bond donors (Lipinski definition) is 0. The summed E-state index contributed by atoms with van der Waals surface area (Å²) in [5.74, 6) is 1.82. The van der Waals surface area contributed by atoms with E-state index in [1.165, 1.54) is 10.8 Å². The number of rotatable bonds is 11. The lowest BCUT2D eigenvalue weighted by Gasteiger charge is -2.10. The Hall–Kier alpha value is -16.0. The van der Waals surface area contributed by atoms with E-state index in [2.05, 4.69) is 303 Å². The number of nitrogens with zero attached hydrogens (tertiary/aromatic N) is 3. The molecule has 0 atom stereocenters. The number of fused-ring (bicyclic) bond motifs is 13. The first-order valence-electron chi connectivity index (χ1n) is 39.5. The van der Waals surface area contributed by atoms with E-state index >= 15 is 0 Å².